The number of Topliss-reactive ketones (excluding diaryl/α,β-unsaturated/α-hetero) is 1. The largest absolute Gasteiger partial charge is 0.469 e. The van der Waals surface area contributed by atoms with E-state index in [4.69, 9.17) is 0 Å². The normalized spacial score (nSPS) is 11.2. The first-order valence-corrected chi connectivity index (χ1v) is 6.47. The molecule has 0 saturated carbocycles. The molecular formula is C16H22O3. The Kier molecular flexibility index (Phi) is 4.87. The van der Waals surface area contributed by atoms with E-state index in [1.807, 2.05) is 25.1 Å². The molecule has 0 heterocycles. The van der Waals surface area contributed by atoms with Crippen LogP contribution in [0.15, 0.2) is 18.2 Å². The maximum atomic E-state index is 12.0. The monoisotopic (exact) mass is 262 g/mol. The minimum atomic E-state index is -0.350. The zero-order chi connectivity index (χ0) is 14.6. The van der Waals surface area contributed by atoms with E-state index < -0.39 is 0 Å². The molecule has 0 bridgehead atoms. The van der Waals surface area contributed by atoms with E-state index in [2.05, 4.69) is 25.5 Å². The summed E-state index contributed by atoms with van der Waals surface area (Å²) < 4.78 is 4.54. The van der Waals surface area contributed by atoms with Crippen LogP contribution in [0.25, 0.3) is 0 Å². The number of esters is 1. The molecule has 1 aromatic carbocycles. The lowest BCUT2D eigenvalue weighted by molar-refractivity contribution is -0.140. The number of carbonyl (C=O) groups excluding carboxylic acids is 2. The molecule has 3 heteroatoms. The van der Waals surface area contributed by atoms with E-state index >= 15 is 0 Å². The number of benzene rings is 1. The second-order valence-corrected chi connectivity index (χ2v) is 5.78. The third kappa shape index (κ3) is 4.19. The number of ether oxygens (including phenoxy) is 1. The lowest BCUT2D eigenvalue weighted by Crippen LogP contribution is -2.13. The quantitative estimate of drug-likeness (QED) is 0.616. The zero-order valence-corrected chi connectivity index (χ0v) is 12.4. The third-order valence-electron chi connectivity index (χ3n) is 3.18. The highest BCUT2D eigenvalue weighted by molar-refractivity contribution is 5.98. The molecule has 0 saturated heterocycles. The predicted molar refractivity (Wildman–Crippen MR) is 75.5 cm³/mol. The summed E-state index contributed by atoms with van der Waals surface area (Å²) in [5, 5.41) is 0. The van der Waals surface area contributed by atoms with E-state index in [1.165, 1.54) is 12.7 Å². The van der Waals surface area contributed by atoms with Gasteiger partial charge in [0.25, 0.3) is 0 Å². The average Bonchev–Trinajstić information content (AvgIpc) is 2.34. The van der Waals surface area contributed by atoms with Crippen LogP contribution in [0.3, 0.4) is 0 Å². The Morgan fingerprint density at radius 2 is 1.79 bits per heavy atom. The highest BCUT2D eigenvalue weighted by atomic mass is 16.5. The van der Waals surface area contributed by atoms with Crippen LogP contribution in [0.4, 0.5) is 0 Å². The summed E-state index contributed by atoms with van der Waals surface area (Å²) in [6.45, 7) is 8.35. The standard InChI is InChI=1S/C16H22O3/c1-11-10-12(16(2,3)4)6-7-13(11)14(17)8-9-15(18)19-5/h6-7,10H,8-9H2,1-5H3. The maximum absolute atomic E-state index is 12.0. The highest BCUT2D eigenvalue weighted by Crippen LogP contribution is 2.25. The highest BCUT2D eigenvalue weighted by Gasteiger charge is 2.17. The third-order valence-corrected chi connectivity index (χ3v) is 3.18. The van der Waals surface area contributed by atoms with Crippen LogP contribution in [-0.4, -0.2) is 18.9 Å². The van der Waals surface area contributed by atoms with Gasteiger partial charge in [-0.3, -0.25) is 9.59 Å². The number of methoxy groups -OCH3 is 1. The second kappa shape index (κ2) is 6.00. The van der Waals surface area contributed by atoms with Crippen molar-refractivity contribution < 1.29 is 14.3 Å². The first kappa shape index (κ1) is 15.4. The van der Waals surface area contributed by atoms with Crippen LogP contribution in [0.5, 0.6) is 0 Å². The molecule has 0 atom stereocenters. The minimum absolute atomic E-state index is 0.0108. The Balaban J connectivity index is 2.85. The van der Waals surface area contributed by atoms with Crippen molar-refractivity contribution in [3.05, 3.63) is 34.9 Å². The van der Waals surface area contributed by atoms with Gasteiger partial charge in [0.15, 0.2) is 5.78 Å². The number of aryl methyl sites for hydroxylation is 1. The summed E-state index contributed by atoms with van der Waals surface area (Å²) in [5.41, 5.74) is 2.92. The molecule has 0 fully saturated rings. The van der Waals surface area contributed by atoms with Crippen LogP contribution in [0.2, 0.25) is 0 Å². The van der Waals surface area contributed by atoms with E-state index in [0.29, 0.717) is 5.56 Å². The predicted octanol–water partition coefficient (Wildman–Crippen LogP) is 3.43. The van der Waals surface area contributed by atoms with Crippen LogP contribution < -0.4 is 0 Å². The Bertz CT molecular complexity index is 481. The van der Waals surface area contributed by atoms with Gasteiger partial charge in [0, 0.05) is 12.0 Å². The van der Waals surface area contributed by atoms with Gasteiger partial charge in [0.2, 0.25) is 0 Å². The number of hydrogen-bond acceptors (Lipinski definition) is 3. The van der Waals surface area contributed by atoms with Crippen molar-refractivity contribution in [2.75, 3.05) is 7.11 Å². The van der Waals surface area contributed by atoms with Gasteiger partial charge in [0.05, 0.1) is 13.5 Å². The van der Waals surface area contributed by atoms with Gasteiger partial charge < -0.3 is 4.74 Å². The fourth-order valence-electron chi connectivity index (χ4n) is 1.90. The summed E-state index contributed by atoms with van der Waals surface area (Å²) in [4.78, 5) is 23.1. The first-order valence-electron chi connectivity index (χ1n) is 6.47. The lowest BCUT2D eigenvalue weighted by Gasteiger charge is -2.20. The molecular weight excluding hydrogens is 240 g/mol. The average molecular weight is 262 g/mol. The molecule has 0 aliphatic rings. The molecule has 0 aliphatic carbocycles. The number of ketones is 1. The number of hydrogen-bond donors (Lipinski definition) is 0. The molecule has 0 spiro atoms. The van der Waals surface area contributed by atoms with Crippen molar-refractivity contribution >= 4 is 11.8 Å². The SMILES string of the molecule is COC(=O)CCC(=O)c1ccc(C(C)(C)C)cc1C. The molecule has 0 aliphatic heterocycles. The fraction of sp³-hybridized carbons (Fsp3) is 0.500. The maximum Gasteiger partial charge on any atom is 0.305 e. The molecule has 0 aromatic heterocycles. The van der Waals surface area contributed by atoms with Gasteiger partial charge in [-0.05, 0) is 23.5 Å². The topological polar surface area (TPSA) is 43.4 Å². The lowest BCUT2D eigenvalue weighted by atomic mass is 9.85. The molecule has 3 nitrogen and oxygen atoms in total. The van der Waals surface area contributed by atoms with Gasteiger partial charge >= 0.3 is 5.97 Å². The van der Waals surface area contributed by atoms with Crippen LogP contribution >= 0.6 is 0 Å². The zero-order valence-electron chi connectivity index (χ0n) is 12.4. The summed E-state index contributed by atoms with van der Waals surface area (Å²) in [6, 6.07) is 5.89. The summed E-state index contributed by atoms with van der Waals surface area (Å²) in [7, 11) is 1.33. The van der Waals surface area contributed by atoms with Crippen LogP contribution in [-0.2, 0) is 14.9 Å². The summed E-state index contributed by atoms with van der Waals surface area (Å²) >= 11 is 0. The molecule has 1 aromatic rings. The Morgan fingerprint density at radius 1 is 1.16 bits per heavy atom. The molecule has 0 radical (unpaired) electrons. The van der Waals surface area contributed by atoms with Gasteiger partial charge in [-0.25, -0.2) is 0 Å². The summed E-state index contributed by atoms with van der Waals surface area (Å²) in [6.07, 6.45) is 0.332. The molecule has 104 valence electrons. The number of rotatable bonds is 4. The number of carbonyl (C=O) groups is 2. The van der Waals surface area contributed by atoms with Gasteiger partial charge in [-0.1, -0.05) is 39.0 Å². The summed E-state index contributed by atoms with van der Waals surface area (Å²) in [5.74, 6) is -0.360. The Labute approximate surface area is 115 Å². The van der Waals surface area contributed by atoms with Crippen LogP contribution in [0.1, 0.15) is 55.1 Å². The first-order chi connectivity index (χ1) is 8.75. The van der Waals surface area contributed by atoms with Crippen molar-refractivity contribution in [2.24, 2.45) is 0 Å². The molecule has 0 unspecified atom stereocenters. The second-order valence-electron chi connectivity index (χ2n) is 5.78. The van der Waals surface area contributed by atoms with Crippen molar-refractivity contribution in [3.63, 3.8) is 0 Å². The van der Waals surface area contributed by atoms with E-state index in [9.17, 15) is 9.59 Å². The minimum Gasteiger partial charge on any atom is -0.469 e. The molecule has 1 rings (SSSR count). The Morgan fingerprint density at radius 3 is 2.26 bits per heavy atom. The van der Waals surface area contributed by atoms with E-state index in [-0.39, 0.29) is 30.0 Å². The van der Waals surface area contributed by atoms with Crippen LogP contribution in [0, 0.1) is 6.92 Å². The molecule has 19 heavy (non-hydrogen) atoms. The van der Waals surface area contributed by atoms with E-state index in [1.54, 1.807) is 0 Å². The van der Waals surface area contributed by atoms with E-state index in [0.717, 1.165) is 5.56 Å². The van der Waals surface area contributed by atoms with Crippen molar-refractivity contribution in [2.45, 2.75) is 46.0 Å². The molecule has 0 N–H and O–H groups in total. The van der Waals surface area contributed by atoms with Gasteiger partial charge in [-0.2, -0.15) is 0 Å². The van der Waals surface area contributed by atoms with Gasteiger partial charge in [-0.15, -0.1) is 0 Å². The van der Waals surface area contributed by atoms with Crippen molar-refractivity contribution in [1.82, 2.24) is 0 Å². The fourth-order valence-corrected chi connectivity index (χ4v) is 1.90. The van der Waals surface area contributed by atoms with Gasteiger partial charge in [0.1, 0.15) is 0 Å². The molecule has 0 amide bonds. The Hall–Kier alpha value is -1.64. The smallest absolute Gasteiger partial charge is 0.305 e. The van der Waals surface area contributed by atoms with Crippen molar-refractivity contribution in [3.8, 4) is 0 Å². The van der Waals surface area contributed by atoms with Crippen molar-refractivity contribution in [1.29, 1.82) is 0 Å².